The molecule has 0 aliphatic carbocycles. The summed E-state index contributed by atoms with van der Waals surface area (Å²) in [4.78, 5) is 32.7. The third-order valence-electron chi connectivity index (χ3n) is 4.68. The number of urea groups is 1. The Morgan fingerprint density at radius 1 is 1.11 bits per heavy atom. The molecule has 28 heavy (non-hydrogen) atoms. The Morgan fingerprint density at radius 2 is 1.82 bits per heavy atom. The lowest BCUT2D eigenvalue weighted by Crippen LogP contribution is -2.55. The van der Waals surface area contributed by atoms with Gasteiger partial charge in [0.05, 0.1) is 0 Å². The van der Waals surface area contributed by atoms with Crippen LogP contribution in [-0.2, 0) is 11.3 Å². The zero-order valence-electron chi connectivity index (χ0n) is 15.8. The molecule has 0 saturated carbocycles. The highest BCUT2D eigenvalue weighted by Gasteiger charge is 2.24. The van der Waals surface area contributed by atoms with E-state index in [0.717, 1.165) is 5.82 Å². The highest BCUT2D eigenvalue weighted by Crippen LogP contribution is 2.12. The van der Waals surface area contributed by atoms with E-state index in [1.807, 2.05) is 18.2 Å². The molecule has 2 heterocycles. The van der Waals surface area contributed by atoms with Crippen LogP contribution in [0.4, 0.5) is 15.0 Å². The van der Waals surface area contributed by atoms with Gasteiger partial charge in [0.15, 0.2) is 0 Å². The van der Waals surface area contributed by atoms with Gasteiger partial charge >= 0.3 is 6.03 Å². The van der Waals surface area contributed by atoms with Crippen LogP contribution < -0.4 is 15.5 Å². The number of piperazine rings is 1. The molecular formula is C20H24FN5O2. The number of rotatable bonds is 5. The summed E-state index contributed by atoms with van der Waals surface area (Å²) in [6.45, 7) is 4.14. The molecule has 1 saturated heterocycles. The molecule has 1 aromatic heterocycles. The summed E-state index contributed by atoms with van der Waals surface area (Å²) in [5, 5.41) is 5.35. The SMILES string of the molecule is CC(NC(=O)N1CCN(c2ccccn2)CC1)C(=O)NCc1ccccc1F. The molecule has 2 aromatic rings. The van der Waals surface area contributed by atoms with Crippen LogP contribution in [0.25, 0.3) is 0 Å². The van der Waals surface area contributed by atoms with Gasteiger partial charge in [0.2, 0.25) is 5.91 Å². The van der Waals surface area contributed by atoms with Crippen molar-refractivity contribution in [3.05, 3.63) is 60.0 Å². The van der Waals surface area contributed by atoms with Crippen LogP contribution in [0.3, 0.4) is 0 Å². The normalized spacial score (nSPS) is 15.1. The Kier molecular flexibility index (Phi) is 6.41. The molecule has 2 N–H and O–H groups in total. The van der Waals surface area contributed by atoms with Crippen molar-refractivity contribution in [1.82, 2.24) is 20.5 Å². The van der Waals surface area contributed by atoms with E-state index in [-0.39, 0.29) is 24.3 Å². The molecule has 1 aromatic carbocycles. The molecule has 7 nitrogen and oxygen atoms in total. The van der Waals surface area contributed by atoms with Crippen molar-refractivity contribution in [2.45, 2.75) is 19.5 Å². The van der Waals surface area contributed by atoms with Crippen LogP contribution in [0.2, 0.25) is 0 Å². The third kappa shape index (κ3) is 4.97. The van der Waals surface area contributed by atoms with Gasteiger partial charge in [-0.1, -0.05) is 24.3 Å². The number of halogens is 1. The Bertz CT molecular complexity index is 809. The van der Waals surface area contributed by atoms with E-state index in [9.17, 15) is 14.0 Å². The molecule has 1 atom stereocenters. The summed E-state index contributed by atoms with van der Waals surface area (Å²) in [5.74, 6) is 0.164. The minimum Gasteiger partial charge on any atom is -0.353 e. The van der Waals surface area contributed by atoms with Crippen LogP contribution in [0, 0.1) is 5.82 Å². The van der Waals surface area contributed by atoms with Gasteiger partial charge in [0.1, 0.15) is 17.7 Å². The van der Waals surface area contributed by atoms with E-state index in [1.165, 1.54) is 6.07 Å². The molecule has 3 rings (SSSR count). The van der Waals surface area contributed by atoms with Gasteiger partial charge in [-0.05, 0) is 25.1 Å². The van der Waals surface area contributed by atoms with Crippen molar-refractivity contribution in [2.75, 3.05) is 31.1 Å². The summed E-state index contributed by atoms with van der Waals surface area (Å²) < 4.78 is 13.6. The first kappa shape index (κ1) is 19.6. The molecule has 1 aliphatic heterocycles. The number of nitrogens with zero attached hydrogens (tertiary/aromatic N) is 3. The monoisotopic (exact) mass is 385 g/mol. The zero-order valence-corrected chi connectivity index (χ0v) is 15.8. The third-order valence-corrected chi connectivity index (χ3v) is 4.68. The first-order valence-electron chi connectivity index (χ1n) is 9.27. The van der Waals surface area contributed by atoms with Crippen molar-refractivity contribution in [3.8, 4) is 0 Å². The van der Waals surface area contributed by atoms with Crippen LogP contribution in [0.1, 0.15) is 12.5 Å². The minimum atomic E-state index is -0.715. The number of hydrogen-bond donors (Lipinski definition) is 2. The summed E-state index contributed by atoms with van der Waals surface area (Å²) in [5.41, 5.74) is 0.403. The number of nitrogens with one attached hydrogen (secondary N) is 2. The molecular weight excluding hydrogens is 361 g/mol. The van der Waals surface area contributed by atoms with Crippen molar-refractivity contribution in [3.63, 3.8) is 0 Å². The quantitative estimate of drug-likeness (QED) is 0.822. The Balaban J connectivity index is 1.44. The highest BCUT2D eigenvalue weighted by atomic mass is 19.1. The number of benzene rings is 1. The number of anilines is 1. The first-order chi connectivity index (χ1) is 13.5. The number of carbonyl (C=O) groups excluding carboxylic acids is 2. The smallest absolute Gasteiger partial charge is 0.318 e. The second-order valence-corrected chi connectivity index (χ2v) is 6.64. The average Bonchev–Trinajstić information content (AvgIpc) is 2.73. The van der Waals surface area contributed by atoms with Crippen LogP contribution in [0.15, 0.2) is 48.7 Å². The van der Waals surface area contributed by atoms with E-state index < -0.39 is 6.04 Å². The second kappa shape index (κ2) is 9.16. The van der Waals surface area contributed by atoms with Gasteiger partial charge in [-0.3, -0.25) is 4.79 Å². The van der Waals surface area contributed by atoms with E-state index in [1.54, 1.807) is 36.2 Å². The molecule has 148 valence electrons. The van der Waals surface area contributed by atoms with Crippen LogP contribution in [0.5, 0.6) is 0 Å². The van der Waals surface area contributed by atoms with Gasteiger partial charge in [0.25, 0.3) is 0 Å². The largest absolute Gasteiger partial charge is 0.353 e. The maximum Gasteiger partial charge on any atom is 0.318 e. The second-order valence-electron chi connectivity index (χ2n) is 6.64. The van der Waals surface area contributed by atoms with Crippen molar-refractivity contribution >= 4 is 17.8 Å². The molecule has 0 radical (unpaired) electrons. The molecule has 1 aliphatic rings. The molecule has 0 spiro atoms. The summed E-state index contributed by atoms with van der Waals surface area (Å²) >= 11 is 0. The summed E-state index contributed by atoms with van der Waals surface area (Å²) in [6, 6.07) is 11.0. The predicted molar refractivity (Wildman–Crippen MR) is 104 cm³/mol. The van der Waals surface area contributed by atoms with Gasteiger partial charge in [-0.15, -0.1) is 0 Å². The highest BCUT2D eigenvalue weighted by molar-refractivity contribution is 5.86. The number of amides is 3. The average molecular weight is 385 g/mol. The van der Waals surface area contributed by atoms with Gasteiger partial charge in [-0.25, -0.2) is 14.2 Å². The number of carbonyl (C=O) groups is 2. The molecule has 1 unspecified atom stereocenters. The topological polar surface area (TPSA) is 77.6 Å². The minimum absolute atomic E-state index is 0.0778. The van der Waals surface area contributed by atoms with Gasteiger partial charge in [-0.2, -0.15) is 0 Å². The summed E-state index contributed by atoms with van der Waals surface area (Å²) in [7, 11) is 0. The Morgan fingerprint density at radius 3 is 2.50 bits per heavy atom. The van der Waals surface area contributed by atoms with E-state index in [2.05, 4.69) is 20.5 Å². The lowest BCUT2D eigenvalue weighted by atomic mass is 10.2. The van der Waals surface area contributed by atoms with Gasteiger partial charge in [0, 0.05) is 44.5 Å². The van der Waals surface area contributed by atoms with Crippen molar-refractivity contribution < 1.29 is 14.0 Å². The fourth-order valence-corrected chi connectivity index (χ4v) is 3.00. The standard InChI is InChI=1S/C20H24FN5O2/c1-15(19(27)23-14-16-6-2-3-7-17(16)21)24-20(28)26-12-10-25(11-13-26)18-8-4-5-9-22-18/h2-9,15H,10-14H2,1H3,(H,23,27)(H,24,28). The molecule has 1 fully saturated rings. The Labute approximate surface area is 163 Å². The number of pyridine rings is 1. The Hall–Kier alpha value is -3.16. The molecule has 8 heteroatoms. The summed E-state index contributed by atoms with van der Waals surface area (Å²) in [6.07, 6.45) is 1.75. The van der Waals surface area contributed by atoms with E-state index in [0.29, 0.717) is 31.7 Å². The number of hydrogen-bond acceptors (Lipinski definition) is 4. The van der Waals surface area contributed by atoms with Crippen LogP contribution in [-0.4, -0.2) is 54.0 Å². The van der Waals surface area contributed by atoms with E-state index in [4.69, 9.17) is 0 Å². The fraction of sp³-hybridized carbons (Fsp3) is 0.350. The van der Waals surface area contributed by atoms with Gasteiger partial charge < -0.3 is 20.4 Å². The first-order valence-corrected chi connectivity index (χ1v) is 9.27. The van der Waals surface area contributed by atoms with Crippen molar-refractivity contribution in [1.29, 1.82) is 0 Å². The van der Waals surface area contributed by atoms with Crippen molar-refractivity contribution in [2.24, 2.45) is 0 Å². The lowest BCUT2D eigenvalue weighted by Gasteiger charge is -2.35. The predicted octanol–water partition coefficient (Wildman–Crippen LogP) is 1.76. The van der Waals surface area contributed by atoms with Crippen LogP contribution >= 0.6 is 0 Å². The molecule has 0 bridgehead atoms. The maximum absolute atomic E-state index is 13.6. The molecule has 3 amide bonds. The lowest BCUT2D eigenvalue weighted by molar-refractivity contribution is -0.122. The zero-order chi connectivity index (χ0) is 19.9. The fourth-order valence-electron chi connectivity index (χ4n) is 3.00. The van der Waals surface area contributed by atoms with E-state index >= 15 is 0 Å². The maximum atomic E-state index is 13.6. The number of aromatic nitrogens is 1.